The third kappa shape index (κ3) is 3.26. The molecule has 0 radical (unpaired) electrons. The highest BCUT2D eigenvalue weighted by Crippen LogP contribution is 2.24. The van der Waals surface area contributed by atoms with Gasteiger partial charge in [0.2, 0.25) is 0 Å². The highest BCUT2D eigenvalue weighted by atomic mass is 35.5. The monoisotopic (exact) mass is 245 g/mol. The van der Waals surface area contributed by atoms with Crippen LogP contribution in [-0.2, 0) is 0 Å². The molecule has 1 N–H and O–H groups in total. The molecule has 1 heterocycles. The highest BCUT2D eigenvalue weighted by Gasteiger charge is 2.14. The second-order valence-corrected chi connectivity index (χ2v) is 4.58. The van der Waals surface area contributed by atoms with Crippen molar-refractivity contribution in [2.45, 2.75) is 18.9 Å². The molecule has 2 nitrogen and oxygen atoms in total. The Morgan fingerprint density at radius 3 is 2.60 bits per heavy atom. The third-order valence-electron chi connectivity index (χ3n) is 2.45. The molecule has 2 rings (SSSR count). The van der Waals surface area contributed by atoms with Gasteiger partial charge in [0.1, 0.15) is 12.4 Å². The van der Waals surface area contributed by atoms with Crippen LogP contribution in [0.25, 0.3) is 0 Å². The smallest absolute Gasteiger partial charge is 0.122 e. The molecule has 0 unspecified atom stereocenters. The van der Waals surface area contributed by atoms with Gasteiger partial charge in [0, 0.05) is 16.1 Å². The van der Waals surface area contributed by atoms with Crippen molar-refractivity contribution in [3.8, 4) is 5.75 Å². The number of benzene rings is 1. The van der Waals surface area contributed by atoms with E-state index in [4.69, 9.17) is 27.9 Å². The summed E-state index contributed by atoms with van der Waals surface area (Å²) in [6.45, 7) is 1.76. The van der Waals surface area contributed by atoms with E-state index >= 15 is 0 Å². The van der Waals surface area contributed by atoms with Gasteiger partial charge in [-0.05, 0) is 37.6 Å². The minimum Gasteiger partial charge on any atom is -0.492 e. The maximum Gasteiger partial charge on any atom is 0.122 e. The minimum absolute atomic E-state index is 0.461. The first-order valence-corrected chi connectivity index (χ1v) is 5.82. The highest BCUT2D eigenvalue weighted by molar-refractivity contribution is 6.34. The Bertz CT molecular complexity index is 317. The molecular weight excluding hydrogens is 233 g/mol. The molecule has 1 aromatic carbocycles. The van der Waals surface area contributed by atoms with Crippen molar-refractivity contribution >= 4 is 23.2 Å². The molecule has 0 aromatic heterocycles. The van der Waals surface area contributed by atoms with Crippen LogP contribution in [0, 0.1) is 0 Å². The summed E-state index contributed by atoms with van der Waals surface area (Å²) in [4.78, 5) is 0. The number of hydrogen-bond acceptors (Lipinski definition) is 2. The number of ether oxygens (including phenoxy) is 1. The van der Waals surface area contributed by atoms with Crippen LogP contribution in [-0.4, -0.2) is 19.2 Å². The Balaban J connectivity index is 1.92. The van der Waals surface area contributed by atoms with Gasteiger partial charge < -0.3 is 10.1 Å². The summed E-state index contributed by atoms with van der Waals surface area (Å²) in [5.41, 5.74) is 0. The summed E-state index contributed by atoms with van der Waals surface area (Å²) in [5, 5.41) is 4.58. The first kappa shape index (κ1) is 11.1. The van der Waals surface area contributed by atoms with Crippen LogP contribution in [0.4, 0.5) is 0 Å². The lowest BCUT2D eigenvalue weighted by atomic mass is 10.2. The van der Waals surface area contributed by atoms with Gasteiger partial charge in [-0.2, -0.15) is 0 Å². The lowest BCUT2D eigenvalue weighted by Gasteiger charge is -2.12. The van der Waals surface area contributed by atoms with Crippen molar-refractivity contribution in [3.05, 3.63) is 28.2 Å². The predicted molar refractivity (Wildman–Crippen MR) is 63.0 cm³/mol. The summed E-state index contributed by atoms with van der Waals surface area (Å²) in [7, 11) is 0. The van der Waals surface area contributed by atoms with Gasteiger partial charge in [-0.1, -0.05) is 23.2 Å². The SMILES string of the molecule is Clc1cc(Cl)cc(OC[C@@H]2CCCN2)c1. The molecule has 1 fully saturated rings. The van der Waals surface area contributed by atoms with Gasteiger partial charge >= 0.3 is 0 Å². The first-order valence-electron chi connectivity index (χ1n) is 5.06. The molecule has 0 bridgehead atoms. The fourth-order valence-corrected chi connectivity index (χ4v) is 2.21. The van der Waals surface area contributed by atoms with E-state index in [1.807, 2.05) is 0 Å². The summed E-state index contributed by atoms with van der Waals surface area (Å²) in [5.74, 6) is 0.737. The van der Waals surface area contributed by atoms with E-state index in [9.17, 15) is 0 Å². The quantitative estimate of drug-likeness (QED) is 0.884. The summed E-state index contributed by atoms with van der Waals surface area (Å²) in [6.07, 6.45) is 2.40. The fraction of sp³-hybridized carbons (Fsp3) is 0.455. The van der Waals surface area contributed by atoms with E-state index in [-0.39, 0.29) is 0 Å². The molecule has 1 aliphatic rings. The van der Waals surface area contributed by atoms with Gasteiger partial charge in [-0.25, -0.2) is 0 Å². The zero-order valence-electron chi connectivity index (χ0n) is 8.30. The molecule has 0 aliphatic carbocycles. The van der Waals surface area contributed by atoms with Crippen molar-refractivity contribution in [2.24, 2.45) is 0 Å². The van der Waals surface area contributed by atoms with Crippen LogP contribution in [0.5, 0.6) is 5.75 Å². The van der Waals surface area contributed by atoms with E-state index in [1.54, 1.807) is 18.2 Å². The van der Waals surface area contributed by atoms with Crippen LogP contribution >= 0.6 is 23.2 Å². The Labute approximate surface area is 99.5 Å². The van der Waals surface area contributed by atoms with Crippen molar-refractivity contribution in [1.82, 2.24) is 5.32 Å². The molecule has 1 saturated heterocycles. The molecule has 0 saturated carbocycles. The predicted octanol–water partition coefficient (Wildman–Crippen LogP) is 3.12. The Morgan fingerprint density at radius 2 is 2.00 bits per heavy atom. The van der Waals surface area contributed by atoms with Gasteiger partial charge in [0.05, 0.1) is 0 Å². The second kappa shape index (κ2) is 5.06. The average Bonchev–Trinajstić information content (AvgIpc) is 2.65. The summed E-state index contributed by atoms with van der Waals surface area (Å²) < 4.78 is 5.62. The van der Waals surface area contributed by atoms with Crippen LogP contribution in [0.2, 0.25) is 10.0 Å². The normalized spacial score (nSPS) is 20.5. The number of rotatable bonds is 3. The zero-order chi connectivity index (χ0) is 10.7. The lowest BCUT2D eigenvalue weighted by molar-refractivity contribution is 0.277. The zero-order valence-corrected chi connectivity index (χ0v) is 9.81. The second-order valence-electron chi connectivity index (χ2n) is 3.71. The van der Waals surface area contributed by atoms with Gasteiger partial charge in [-0.15, -0.1) is 0 Å². The Hall–Kier alpha value is -0.440. The van der Waals surface area contributed by atoms with E-state index in [0.29, 0.717) is 22.7 Å². The molecule has 0 spiro atoms. The van der Waals surface area contributed by atoms with Gasteiger partial charge in [-0.3, -0.25) is 0 Å². The minimum atomic E-state index is 0.461. The summed E-state index contributed by atoms with van der Waals surface area (Å²) >= 11 is 11.7. The van der Waals surface area contributed by atoms with Gasteiger partial charge in [0.25, 0.3) is 0 Å². The van der Waals surface area contributed by atoms with Crippen molar-refractivity contribution < 1.29 is 4.74 Å². The Morgan fingerprint density at radius 1 is 1.27 bits per heavy atom. The topological polar surface area (TPSA) is 21.3 Å². The standard InChI is InChI=1S/C11H13Cl2NO/c12-8-4-9(13)6-11(5-8)15-7-10-2-1-3-14-10/h4-6,10,14H,1-3,7H2/t10-/m0/s1. The van der Waals surface area contributed by atoms with Crippen LogP contribution in [0.3, 0.4) is 0 Å². The van der Waals surface area contributed by atoms with E-state index in [0.717, 1.165) is 12.3 Å². The molecule has 1 aromatic rings. The Kier molecular flexibility index (Phi) is 3.73. The van der Waals surface area contributed by atoms with E-state index in [1.165, 1.54) is 12.8 Å². The van der Waals surface area contributed by atoms with Crippen molar-refractivity contribution in [1.29, 1.82) is 0 Å². The molecule has 4 heteroatoms. The number of halogens is 2. The first-order chi connectivity index (χ1) is 7.24. The van der Waals surface area contributed by atoms with Crippen molar-refractivity contribution in [2.75, 3.05) is 13.2 Å². The van der Waals surface area contributed by atoms with Crippen LogP contribution < -0.4 is 10.1 Å². The number of hydrogen-bond donors (Lipinski definition) is 1. The fourth-order valence-electron chi connectivity index (χ4n) is 1.71. The molecule has 1 atom stereocenters. The van der Waals surface area contributed by atoms with E-state index in [2.05, 4.69) is 5.32 Å². The third-order valence-corrected chi connectivity index (χ3v) is 2.89. The number of nitrogens with one attached hydrogen (secondary N) is 1. The summed E-state index contributed by atoms with van der Waals surface area (Å²) in [6, 6.07) is 5.72. The molecule has 0 amide bonds. The molecular formula is C11H13Cl2NO. The maximum absolute atomic E-state index is 5.87. The average molecular weight is 246 g/mol. The van der Waals surface area contributed by atoms with Crippen LogP contribution in [0.15, 0.2) is 18.2 Å². The van der Waals surface area contributed by atoms with Crippen LogP contribution in [0.1, 0.15) is 12.8 Å². The maximum atomic E-state index is 5.87. The molecule has 82 valence electrons. The van der Waals surface area contributed by atoms with Gasteiger partial charge in [0.15, 0.2) is 0 Å². The van der Waals surface area contributed by atoms with E-state index < -0.39 is 0 Å². The van der Waals surface area contributed by atoms with Crippen molar-refractivity contribution in [3.63, 3.8) is 0 Å². The largest absolute Gasteiger partial charge is 0.492 e. The molecule has 1 aliphatic heterocycles. The lowest BCUT2D eigenvalue weighted by Crippen LogP contribution is -2.28. The molecule has 15 heavy (non-hydrogen) atoms.